The van der Waals surface area contributed by atoms with Crippen molar-refractivity contribution in [3.63, 3.8) is 0 Å². The second-order valence-electron chi connectivity index (χ2n) is 6.96. The van der Waals surface area contributed by atoms with Crippen LogP contribution in [0, 0.1) is 0 Å². The highest BCUT2D eigenvalue weighted by molar-refractivity contribution is 7.18. The van der Waals surface area contributed by atoms with E-state index in [1.807, 2.05) is 47.4 Å². The third-order valence-corrected chi connectivity index (χ3v) is 6.37. The minimum atomic E-state index is 0.0221. The Kier molecular flexibility index (Phi) is 4.48. The molecule has 0 atom stereocenters. The average Bonchev–Trinajstić information content (AvgIpc) is 3.33. The average molecular weight is 401 g/mol. The van der Waals surface area contributed by atoms with E-state index in [2.05, 4.69) is 11.1 Å². The molecule has 0 bridgehead atoms. The topological polar surface area (TPSA) is 55.3 Å². The van der Waals surface area contributed by atoms with Crippen molar-refractivity contribution in [2.75, 3.05) is 13.7 Å². The molecule has 5 rings (SSSR count). The Balaban J connectivity index is 1.43. The van der Waals surface area contributed by atoms with Crippen molar-refractivity contribution >= 4 is 27.5 Å². The molecule has 0 aliphatic carbocycles. The second kappa shape index (κ2) is 7.29. The molecule has 1 aliphatic rings. The molecule has 2 aromatic heterocycles. The Hall–Kier alpha value is -3.25. The summed E-state index contributed by atoms with van der Waals surface area (Å²) >= 11 is 1.69. The molecule has 3 heterocycles. The van der Waals surface area contributed by atoms with Crippen LogP contribution >= 0.6 is 11.3 Å². The number of thiazole rings is 1. The lowest BCUT2D eigenvalue weighted by Crippen LogP contribution is -2.26. The molecule has 6 heteroatoms. The molecule has 0 fully saturated rings. The quantitative estimate of drug-likeness (QED) is 0.492. The van der Waals surface area contributed by atoms with Gasteiger partial charge in [-0.1, -0.05) is 18.2 Å². The number of ether oxygens (including phenoxy) is 1. The van der Waals surface area contributed by atoms with Gasteiger partial charge in [0.25, 0.3) is 5.91 Å². The van der Waals surface area contributed by atoms with Gasteiger partial charge < -0.3 is 9.64 Å². The molecule has 2 aromatic carbocycles. The Labute approximate surface area is 172 Å². The van der Waals surface area contributed by atoms with Crippen molar-refractivity contribution in [2.24, 2.45) is 0 Å². The van der Waals surface area contributed by atoms with Crippen LogP contribution in [0.2, 0.25) is 0 Å². The summed E-state index contributed by atoms with van der Waals surface area (Å²) in [7, 11) is 1.61. The van der Waals surface area contributed by atoms with Gasteiger partial charge in [0.05, 0.1) is 27.9 Å². The first-order chi connectivity index (χ1) is 14.2. The zero-order valence-electron chi connectivity index (χ0n) is 16.0. The molecule has 29 heavy (non-hydrogen) atoms. The van der Waals surface area contributed by atoms with Crippen molar-refractivity contribution in [1.29, 1.82) is 0 Å². The smallest absolute Gasteiger partial charge is 0.258 e. The molecule has 0 unspecified atom stereocenters. The predicted octanol–water partition coefficient (Wildman–Crippen LogP) is 4.57. The van der Waals surface area contributed by atoms with Crippen molar-refractivity contribution in [3.05, 3.63) is 77.1 Å². The molecule has 0 saturated carbocycles. The van der Waals surface area contributed by atoms with E-state index in [0.717, 1.165) is 33.6 Å². The first-order valence-electron chi connectivity index (χ1n) is 9.48. The highest BCUT2D eigenvalue weighted by Gasteiger charge is 2.33. The summed E-state index contributed by atoms with van der Waals surface area (Å²) in [6, 6.07) is 16.0. The van der Waals surface area contributed by atoms with Crippen molar-refractivity contribution in [1.82, 2.24) is 14.9 Å². The highest BCUT2D eigenvalue weighted by atomic mass is 32.1. The number of para-hydroxylation sites is 1. The normalized spacial score (nSPS) is 13.1. The van der Waals surface area contributed by atoms with Crippen molar-refractivity contribution < 1.29 is 9.53 Å². The van der Waals surface area contributed by atoms with Gasteiger partial charge in [0.1, 0.15) is 5.75 Å². The number of amides is 1. The summed E-state index contributed by atoms with van der Waals surface area (Å²) in [5.74, 6) is 0.652. The highest BCUT2D eigenvalue weighted by Crippen LogP contribution is 2.38. The van der Waals surface area contributed by atoms with E-state index in [1.165, 1.54) is 4.70 Å². The summed E-state index contributed by atoms with van der Waals surface area (Å²) in [5, 5.41) is 1.05. The minimum absolute atomic E-state index is 0.0221. The number of carbonyl (C=O) groups is 1. The molecule has 4 aromatic rings. The third-order valence-electron chi connectivity index (χ3n) is 5.27. The number of carbonyl (C=O) groups excluding carboxylic acids is 1. The van der Waals surface area contributed by atoms with Gasteiger partial charge in [-0.3, -0.25) is 9.78 Å². The number of benzene rings is 2. The maximum Gasteiger partial charge on any atom is 0.258 e. The Morgan fingerprint density at radius 2 is 1.93 bits per heavy atom. The van der Waals surface area contributed by atoms with Crippen molar-refractivity contribution in [2.45, 2.75) is 13.0 Å². The van der Waals surface area contributed by atoms with E-state index in [1.54, 1.807) is 30.8 Å². The van der Waals surface area contributed by atoms with Gasteiger partial charge in [-0.25, -0.2) is 4.98 Å². The van der Waals surface area contributed by atoms with Crippen LogP contribution in [0.25, 0.3) is 21.3 Å². The Bertz CT molecular complexity index is 1170. The largest absolute Gasteiger partial charge is 0.496 e. The van der Waals surface area contributed by atoms with E-state index in [9.17, 15) is 4.79 Å². The lowest BCUT2D eigenvalue weighted by Gasteiger charge is -2.14. The number of nitrogens with zero attached hydrogens (tertiary/aromatic N) is 3. The van der Waals surface area contributed by atoms with Gasteiger partial charge in [-0.05, 0) is 47.0 Å². The SMILES string of the molecule is COc1ccc(-c2ccncc2)c2c1C(=O)N(CCc1nc3ccccc3s1)C2. The van der Waals surface area contributed by atoms with Crippen LogP contribution in [-0.2, 0) is 13.0 Å². The van der Waals surface area contributed by atoms with Gasteiger partial charge in [-0.15, -0.1) is 11.3 Å². The number of fused-ring (bicyclic) bond motifs is 2. The zero-order chi connectivity index (χ0) is 19.8. The van der Waals surface area contributed by atoms with Crippen LogP contribution in [0.3, 0.4) is 0 Å². The van der Waals surface area contributed by atoms with Gasteiger partial charge in [0.15, 0.2) is 0 Å². The summed E-state index contributed by atoms with van der Waals surface area (Å²) in [6.45, 7) is 1.21. The van der Waals surface area contributed by atoms with E-state index in [-0.39, 0.29) is 5.91 Å². The van der Waals surface area contributed by atoms with Gasteiger partial charge in [0.2, 0.25) is 0 Å². The lowest BCUT2D eigenvalue weighted by molar-refractivity contribution is 0.0778. The fourth-order valence-corrected chi connectivity index (χ4v) is 4.81. The van der Waals surface area contributed by atoms with Crippen molar-refractivity contribution in [3.8, 4) is 16.9 Å². The lowest BCUT2D eigenvalue weighted by atomic mass is 9.97. The second-order valence-corrected chi connectivity index (χ2v) is 8.07. The fraction of sp³-hybridized carbons (Fsp3) is 0.174. The van der Waals surface area contributed by atoms with Gasteiger partial charge in [0, 0.05) is 31.9 Å². The molecule has 144 valence electrons. The molecule has 5 nitrogen and oxygen atoms in total. The van der Waals surface area contributed by atoms with E-state index in [0.29, 0.717) is 24.4 Å². The van der Waals surface area contributed by atoms with E-state index < -0.39 is 0 Å². The molecular weight excluding hydrogens is 382 g/mol. The molecule has 0 spiro atoms. The number of pyridine rings is 1. The van der Waals surface area contributed by atoms with Crippen LogP contribution in [0.1, 0.15) is 20.9 Å². The van der Waals surface area contributed by atoms with Crippen LogP contribution in [0.4, 0.5) is 0 Å². The third kappa shape index (κ3) is 3.15. The number of methoxy groups -OCH3 is 1. The van der Waals surface area contributed by atoms with Crippen LogP contribution in [0.5, 0.6) is 5.75 Å². The molecule has 0 saturated heterocycles. The van der Waals surface area contributed by atoms with Crippen LogP contribution < -0.4 is 4.74 Å². The zero-order valence-corrected chi connectivity index (χ0v) is 16.8. The molecule has 1 amide bonds. The number of rotatable bonds is 5. The number of hydrogen-bond acceptors (Lipinski definition) is 5. The summed E-state index contributed by atoms with van der Waals surface area (Å²) in [5.41, 5.74) is 4.82. The maximum atomic E-state index is 13.2. The van der Waals surface area contributed by atoms with E-state index in [4.69, 9.17) is 9.72 Å². The first kappa shape index (κ1) is 17.8. The van der Waals surface area contributed by atoms with Gasteiger partial charge in [-0.2, -0.15) is 0 Å². The minimum Gasteiger partial charge on any atom is -0.496 e. The summed E-state index contributed by atoms with van der Waals surface area (Å²) in [4.78, 5) is 23.9. The molecule has 0 N–H and O–H groups in total. The van der Waals surface area contributed by atoms with E-state index >= 15 is 0 Å². The Morgan fingerprint density at radius 1 is 1.10 bits per heavy atom. The monoisotopic (exact) mass is 401 g/mol. The number of aromatic nitrogens is 2. The summed E-state index contributed by atoms with van der Waals surface area (Å²) < 4.78 is 6.68. The fourth-order valence-electron chi connectivity index (χ4n) is 3.86. The standard InChI is InChI=1S/C23H19N3O2S/c1-28-19-7-6-16(15-8-11-24-12-9-15)17-14-26(23(27)22(17)19)13-10-21-25-18-4-2-3-5-20(18)29-21/h2-9,11-12H,10,13-14H2,1H3. The summed E-state index contributed by atoms with van der Waals surface area (Å²) in [6.07, 6.45) is 4.28. The van der Waals surface area contributed by atoms with Crippen LogP contribution in [0.15, 0.2) is 60.9 Å². The van der Waals surface area contributed by atoms with Gasteiger partial charge >= 0.3 is 0 Å². The molecule has 1 aliphatic heterocycles. The molecular formula is C23H19N3O2S. The maximum absolute atomic E-state index is 13.2. The number of hydrogen-bond donors (Lipinski definition) is 0. The Morgan fingerprint density at radius 3 is 2.72 bits per heavy atom. The first-order valence-corrected chi connectivity index (χ1v) is 10.3. The van der Waals surface area contributed by atoms with Crippen LogP contribution in [-0.4, -0.2) is 34.4 Å². The molecule has 0 radical (unpaired) electrons. The predicted molar refractivity (Wildman–Crippen MR) is 114 cm³/mol.